The van der Waals surface area contributed by atoms with Crippen LogP contribution in [0, 0.1) is 35.5 Å². The summed E-state index contributed by atoms with van der Waals surface area (Å²) in [5.41, 5.74) is 0. The van der Waals surface area contributed by atoms with E-state index in [-0.39, 0.29) is 0 Å². The number of unbranched alkanes of at least 4 members (excludes halogenated alkanes) is 1. The number of hydrogen-bond donors (Lipinski definition) is 0. The highest BCUT2D eigenvalue weighted by Gasteiger charge is 2.66. The topological polar surface area (TPSA) is 3.24 Å². The lowest BCUT2D eigenvalue weighted by Crippen LogP contribution is -2.67. The van der Waals surface area contributed by atoms with Crippen LogP contribution in [-0.4, -0.2) is 25.5 Å². The molecular weight excluding hydrogens is 194 g/mol. The van der Waals surface area contributed by atoms with Crippen molar-refractivity contribution in [3.8, 4) is 0 Å². The molecule has 1 nitrogen and oxygen atoms in total. The van der Waals surface area contributed by atoms with Gasteiger partial charge in [0.05, 0.1) is 0 Å². The molecule has 0 saturated heterocycles. The maximum atomic E-state index is 2.53. The number of fused-ring (bicyclic) bond motifs is 4. The van der Waals surface area contributed by atoms with Gasteiger partial charge in [0.15, 0.2) is 0 Å². The zero-order chi connectivity index (χ0) is 11.3. The first-order valence-corrected chi connectivity index (χ1v) is 7.35. The minimum atomic E-state index is 1.07. The van der Waals surface area contributed by atoms with E-state index in [1.165, 1.54) is 49.5 Å². The number of hydrogen-bond acceptors (Lipinski definition) is 1. The minimum absolute atomic E-state index is 1.07. The molecule has 0 aromatic rings. The van der Waals surface area contributed by atoms with E-state index in [4.69, 9.17) is 0 Å². The molecule has 92 valence electrons. The lowest BCUT2D eigenvalue weighted by molar-refractivity contribution is -0.246. The van der Waals surface area contributed by atoms with Crippen molar-refractivity contribution in [1.29, 1.82) is 0 Å². The van der Waals surface area contributed by atoms with Crippen molar-refractivity contribution in [3.05, 3.63) is 0 Å². The molecule has 0 spiro atoms. The molecule has 0 N–H and O–H groups in total. The lowest BCUT2D eigenvalue weighted by Gasteiger charge is -2.73. The Hall–Kier alpha value is -0.0400. The van der Waals surface area contributed by atoms with Crippen molar-refractivity contribution in [2.24, 2.45) is 35.5 Å². The molecule has 1 heteroatoms. The third kappa shape index (κ3) is 1.47. The highest BCUT2D eigenvalue weighted by Crippen LogP contribution is 2.72. The third-order valence-corrected chi connectivity index (χ3v) is 5.99. The first-order chi connectivity index (χ1) is 7.70. The highest BCUT2D eigenvalue weighted by atomic mass is 15.0. The van der Waals surface area contributed by atoms with Crippen molar-refractivity contribution in [3.63, 3.8) is 0 Å². The molecule has 6 atom stereocenters. The normalized spacial score (nSPS) is 48.8. The van der Waals surface area contributed by atoms with Crippen LogP contribution in [-0.2, 0) is 0 Å². The Kier molecular flexibility index (Phi) is 2.78. The molecule has 0 aromatic heterocycles. The fraction of sp³-hybridized carbons (Fsp3) is 1.00. The van der Waals surface area contributed by atoms with Gasteiger partial charge in [0, 0.05) is 0 Å². The van der Waals surface area contributed by atoms with Gasteiger partial charge in [0.25, 0.3) is 0 Å². The van der Waals surface area contributed by atoms with Gasteiger partial charge in [-0.2, -0.15) is 0 Å². The van der Waals surface area contributed by atoms with Crippen LogP contribution in [0.25, 0.3) is 0 Å². The zero-order valence-electron chi connectivity index (χ0n) is 11.2. The number of nitrogens with zero attached hydrogens (tertiary/aromatic N) is 1. The molecule has 16 heavy (non-hydrogen) atoms. The largest absolute Gasteiger partial charge is 0.309 e. The monoisotopic (exact) mass is 221 g/mol. The van der Waals surface area contributed by atoms with Gasteiger partial charge >= 0.3 is 0 Å². The molecule has 0 heterocycles. The molecule has 3 rings (SSSR count). The van der Waals surface area contributed by atoms with Crippen LogP contribution in [0.1, 0.15) is 39.0 Å². The average molecular weight is 221 g/mol. The van der Waals surface area contributed by atoms with Gasteiger partial charge in [0.2, 0.25) is 0 Å². The zero-order valence-corrected chi connectivity index (χ0v) is 11.2. The van der Waals surface area contributed by atoms with Crippen molar-refractivity contribution >= 4 is 0 Å². The molecule has 0 amide bonds. The van der Waals surface area contributed by atoms with Crippen LogP contribution in [0.4, 0.5) is 0 Å². The van der Waals surface area contributed by atoms with E-state index in [2.05, 4.69) is 25.9 Å². The Morgan fingerprint density at radius 3 is 2.31 bits per heavy atom. The van der Waals surface area contributed by atoms with Crippen LogP contribution >= 0.6 is 0 Å². The molecule has 0 aliphatic heterocycles. The predicted octanol–water partition coefficient (Wildman–Crippen LogP) is 3.26. The molecule has 3 aliphatic carbocycles. The molecule has 0 radical (unpaired) electrons. The lowest BCUT2D eigenvalue weighted by atomic mass is 9.32. The molecular formula is C15H27N. The van der Waals surface area contributed by atoms with Crippen LogP contribution in [0.2, 0.25) is 0 Å². The molecule has 3 fully saturated rings. The Balaban J connectivity index is 1.40. The van der Waals surface area contributed by atoms with Gasteiger partial charge in [-0.15, -0.1) is 0 Å². The first-order valence-electron chi connectivity index (χ1n) is 7.35. The standard InChI is InChI=1S/C15H27N/c1-10-11(6-4-5-9-16(2)3)15-13-8-7-12(13)14(10)15/h10-15H,4-9H2,1-3H3. The predicted molar refractivity (Wildman–Crippen MR) is 68.3 cm³/mol. The Morgan fingerprint density at radius 2 is 1.69 bits per heavy atom. The van der Waals surface area contributed by atoms with Crippen LogP contribution in [0.15, 0.2) is 0 Å². The first kappa shape index (κ1) is 11.1. The smallest absolute Gasteiger partial charge is 0.00248 e. The summed E-state index contributed by atoms with van der Waals surface area (Å²) >= 11 is 0. The van der Waals surface area contributed by atoms with Crippen molar-refractivity contribution in [2.75, 3.05) is 20.6 Å². The van der Waals surface area contributed by atoms with Crippen molar-refractivity contribution in [2.45, 2.75) is 39.0 Å². The molecule has 6 unspecified atom stereocenters. The summed E-state index contributed by atoms with van der Waals surface area (Å²) in [5, 5.41) is 0. The summed E-state index contributed by atoms with van der Waals surface area (Å²) in [5.74, 6) is 6.95. The second-order valence-electron chi connectivity index (χ2n) is 6.88. The van der Waals surface area contributed by atoms with Gasteiger partial charge in [0.1, 0.15) is 0 Å². The molecule has 3 saturated carbocycles. The van der Waals surface area contributed by atoms with E-state index < -0.39 is 0 Å². The van der Waals surface area contributed by atoms with Crippen LogP contribution in [0.3, 0.4) is 0 Å². The average Bonchev–Trinajstić information content (AvgIpc) is 2.21. The highest BCUT2D eigenvalue weighted by molar-refractivity contribution is 5.14. The van der Waals surface area contributed by atoms with E-state index in [0.29, 0.717) is 0 Å². The van der Waals surface area contributed by atoms with E-state index >= 15 is 0 Å². The summed E-state index contributed by atoms with van der Waals surface area (Å²) in [6, 6.07) is 0. The Morgan fingerprint density at radius 1 is 1.00 bits per heavy atom. The minimum Gasteiger partial charge on any atom is -0.309 e. The van der Waals surface area contributed by atoms with E-state index in [1.807, 2.05) is 0 Å². The second-order valence-corrected chi connectivity index (χ2v) is 6.88. The Bertz CT molecular complexity index is 260. The van der Waals surface area contributed by atoms with Gasteiger partial charge < -0.3 is 4.90 Å². The quantitative estimate of drug-likeness (QED) is 0.644. The van der Waals surface area contributed by atoms with E-state index in [9.17, 15) is 0 Å². The maximum absolute atomic E-state index is 2.53. The third-order valence-electron chi connectivity index (χ3n) is 5.99. The SMILES string of the molecule is CC1C(CCCCN(C)C)C2C3CCC3C12. The fourth-order valence-electron chi connectivity index (χ4n) is 5.03. The van der Waals surface area contributed by atoms with Crippen molar-refractivity contribution < 1.29 is 0 Å². The van der Waals surface area contributed by atoms with Crippen LogP contribution < -0.4 is 0 Å². The van der Waals surface area contributed by atoms with Crippen LogP contribution in [0.5, 0.6) is 0 Å². The van der Waals surface area contributed by atoms with Gasteiger partial charge in [-0.1, -0.05) is 13.3 Å². The van der Waals surface area contributed by atoms with Gasteiger partial charge in [-0.25, -0.2) is 0 Å². The summed E-state index contributed by atoms with van der Waals surface area (Å²) in [4.78, 5) is 2.32. The van der Waals surface area contributed by atoms with E-state index in [0.717, 1.165) is 11.8 Å². The molecule has 0 bridgehead atoms. The maximum Gasteiger partial charge on any atom is -0.00248 e. The molecule has 3 aliphatic rings. The number of rotatable bonds is 5. The van der Waals surface area contributed by atoms with Gasteiger partial charge in [-0.05, 0) is 81.8 Å². The Labute approximate surface area is 101 Å². The summed E-state index contributed by atoms with van der Waals surface area (Å²) < 4.78 is 0. The fourth-order valence-corrected chi connectivity index (χ4v) is 5.03. The summed E-state index contributed by atoms with van der Waals surface area (Å²) in [7, 11) is 4.37. The van der Waals surface area contributed by atoms with E-state index in [1.54, 1.807) is 12.8 Å². The summed E-state index contributed by atoms with van der Waals surface area (Å²) in [6.07, 6.45) is 7.55. The van der Waals surface area contributed by atoms with Crippen molar-refractivity contribution in [1.82, 2.24) is 4.90 Å². The van der Waals surface area contributed by atoms with Gasteiger partial charge in [-0.3, -0.25) is 0 Å². The summed E-state index contributed by atoms with van der Waals surface area (Å²) in [6.45, 7) is 3.81. The molecule has 0 aromatic carbocycles. The second kappa shape index (κ2) is 4.01.